The number of ether oxygens (including phenoxy) is 2. The zero-order chi connectivity index (χ0) is 11.1. The van der Waals surface area contributed by atoms with Crippen LogP contribution in [0.2, 0.25) is 0 Å². The Balaban J connectivity index is 2.53. The van der Waals surface area contributed by atoms with Crippen molar-refractivity contribution in [1.82, 2.24) is 0 Å². The van der Waals surface area contributed by atoms with Crippen molar-refractivity contribution in [2.24, 2.45) is 0 Å². The summed E-state index contributed by atoms with van der Waals surface area (Å²) in [6.45, 7) is 5.27. The number of nitrogens with two attached hydrogens (primary N) is 1. The van der Waals surface area contributed by atoms with E-state index in [-0.39, 0.29) is 6.29 Å². The maximum atomic E-state index is 5.61. The van der Waals surface area contributed by atoms with Gasteiger partial charge in [-0.3, -0.25) is 0 Å². The van der Waals surface area contributed by atoms with Crippen LogP contribution >= 0.6 is 0 Å². The molecule has 0 atom stereocenters. The summed E-state index contributed by atoms with van der Waals surface area (Å²) < 4.78 is 10.9. The van der Waals surface area contributed by atoms with Crippen LogP contribution < -0.4 is 5.73 Å². The molecule has 2 N–H and O–H groups in total. The third-order valence-corrected chi connectivity index (χ3v) is 2.09. The molecule has 0 aliphatic rings. The molecule has 1 rings (SSSR count). The van der Waals surface area contributed by atoms with Crippen molar-refractivity contribution in [3.63, 3.8) is 0 Å². The van der Waals surface area contributed by atoms with Gasteiger partial charge in [-0.1, -0.05) is 12.1 Å². The van der Waals surface area contributed by atoms with Crippen LogP contribution in [0, 0.1) is 0 Å². The van der Waals surface area contributed by atoms with Gasteiger partial charge in [0, 0.05) is 25.3 Å². The number of rotatable bonds is 6. The molecule has 15 heavy (non-hydrogen) atoms. The standard InChI is InChI=1S/C12H19NO2/c1-3-14-12(15-4-2)9-10-5-7-11(13)8-6-10/h5-8,12H,3-4,9,13H2,1-2H3. The predicted octanol–water partition coefficient (Wildman–Crippen LogP) is 2.21. The van der Waals surface area contributed by atoms with E-state index in [0.717, 1.165) is 12.1 Å². The van der Waals surface area contributed by atoms with Gasteiger partial charge in [0.25, 0.3) is 0 Å². The Morgan fingerprint density at radius 1 is 1.07 bits per heavy atom. The second-order valence-corrected chi connectivity index (χ2v) is 3.29. The first-order chi connectivity index (χ1) is 7.26. The van der Waals surface area contributed by atoms with Crippen molar-refractivity contribution in [2.45, 2.75) is 26.6 Å². The molecular weight excluding hydrogens is 190 g/mol. The molecular formula is C12H19NO2. The maximum absolute atomic E-state index is 5.61. The van der Waals surface area contributed by atoms with Gasteiger partial charge in [-0.25, -0.2) is 0 Å². The second kappa shape index (κ2) is 6.43. The maximum Gasteiger partial charge on any atom is 0.161 e. The fourth-order valence-corrected chi connectivity index (χ4v) is 1.38. The summed E-state index contributed by atoms with van der Waals surface area (Å²) in [7, 11) is 0. The summed E-state index contributed by atoms with van der Waals surface area (Å²) >= 11 is 0. The van der Waals surface area contributed by atoms with Crippen LogP contribution in [-0.4, -0.2) is 19.5 Å². The van der Waals surface area contributed by atoms with Crippen LogP contribution in [-0.2, 0) is 15.9 Å². The predicted molar refractivity (Wildman–Crippen MR) is 61.6 cm³/mol. The molecule has 0 aromatic heterocycles. The minimum absolute atomic E-state index is 0.149. The first-order valence-electron chi connectivity index (χ1n) is 5.33. The van der Waals surface area contributed by atoms with Crippen molar-refractivity contribution >= 4 is 5.69 Å². The van der Waals surface area contributed by atoms with Crippen LogP contribution in [0.4, 0.5) is 5.69 Å². The molecule has 0 bridgehead atoms. The number of nitrogen functional groups attached to an aromatic ring is 1. The van der Waals surface area contributed by atoms with E-state index in [4.69, 9.17) is 15.2 Å². The Bertz CT molecular complexity index is 265. The van der Waals surface area contributed by atoms with E-state index in [9.17, 15) is 0 Å². The summed E-state index contributed by atoms with van der Waals surface area (Å²) in [6.07, 6.45) is 0.616. The van der Waals surface area contributed by atoms with E-state index in [1.807, 2.05) is 38.1 Å². The van der Waals surface area contributed by atoms with Gasteiger partial charge < -0.3 is 15.2 Å². The topological polar surface area (TPSA) is 44.5 Å². The van der Waals surface area contributed by atoms with Gasteiger partial charge in [0.15, 0.2) is 6.29 Å². The summed E-state index contributed by atoms with van der Waals surface area (Å²) in [6, 6.07) is 7.79. The fourth-order valence-electron chi connectivity index (χ4n) is 1.38. The lowest BCUT2D eigenvalue weighted by Gasteiger charge is -2.16. The third kappa shape index (κ3) is 4.32. The molecule has 0 heterocycles. The van der Waals surface area contributed by atoms with Gasteiger partial charge in [0.05, 0.1) is 0 Å². The molecule has 0 saturated carbocycles. The highest BCUT2D eigenvalue weighted by Crippen LogP contribution is 2.10. The monoisotopic (exact) mass is 209 g/mol. The van der Waals surface area contributed by atoms with Crippen molar-refractivity contribution in [1.29, 1.82) is 0 Å². The lowest BCUT2D eigenvalue weighted by molar-refractivity contribution is -0.134. The highest BCUT2D eigenvalue weighted by atomic mass is 16.7. The molecule has 0 aliphatic heterocycles. The Hall–Kier alpha value is -1.06. The van der Waals surface area contributed by atoms with Gasteiger partial charge in [-0.05, 0) is 31.5 Å². The number of anilines is 1. The summed E-state index contributed by atoms with van der Waals surface area (Å²) in [5.41, 5.74) is 7.57. The van der Waals surface area contributed by atoms with Crippen molar-refractivity contribution in [2.75, 3.05) is 18.9 Å². The van der Waals surface area contributed by atoms with Crippen molar-refractivity contribution < 1.29 is 9.47 Å². The Labute approximate surface area is 91.2 Å². The number of hydrogen-bond acceptors (Lipinski definition) is 3. The number of benzene rings is 1. The molecule has 0 aliphatic carbocycles. The highest BCUT2D eigenvalue weighted by Gasteiger charge is 2.08. The Kier molecular flexibility index (Phi) is 5.15. The largest absolute Gasteiger partial charge is 0.399 e. The number of hydrogen-bond donors (Lipinski definition) is 1. The normalized spacial score (nSPS) is 10.9. The second-order valence-electron chi connectivity index (χ2n) is 3.29. The lowest BCUT2D eigenvalue weighted by Crippen LogP contribution is -2.20. The Morgan fingerprint density at radius 2 is 1.60 bits per heavy atom. The molecule has 3 nitrogen and oxygen atoms in total. The highest BCUT2D eigenvalue weighted by molar-refractivity contribution is 5.39. The zero-order valence-electron chi connectivity index (χ0n) is 9.40. The first-order valence-corrected chi connectivity index (χ1v) is 5.33. The van der Waals surface area contributed by atoms with Gasteiger partial charge in [-0.15, -0.1) is 0 Å². The van der Waals surface area contributed by atoms with Crippen LogP contribution in [0.3, 0.4) is 0 Å². The zero-order valence-corrected chi connectivity index (χ0v) is 9.40. The van der Waals surface area contributed by atoms with E-state index in [1.165, 1.54) is 5.56 Å². The van der Waals surface area contributed by atoms with E-state index >= 15 is 0 Å². The first kappa shape index (κ1) is 12.0. The molecule has 0 amide bonds. The van der Waals surface area contributed by atoms with Crippen LogP contribution in [0.1, 0.15) is 19.4 Å². The molecule has 3 heteroatoms. The third-order valence-electron chi connectivity index (χ3n) is 2.09. The summed E-state index contributed by atoms with van der Waals surface area (Å²) in [5, 5.41) is 0. The fraction of sp³-hybridized carbons (Fsp3) is 0.500. The molecule has 0 fully saturated rings. The van der Waals surface area contributed by atoms with Crippen molar-refractivity contribution in [3.05, 3.63) is 29.8 Å². The van der Waals surface area contributed by atoms with E-state index in [0.29, 0.717) is 13.2 Å². The molecule has 0 spiro atoms. The molecule has 1 aromatic rings. The summed E-state index contributed by atoms with van der Waals surface area (Å²) in [5.74, 6) is 0. The van der Waals surface area contributed by atoms with Gasteiger partial charge >= 0.3 is 0 Å². The van der Waals surface area contributed by atoms with Crippen LogP contribution in [0.5, 0.6) is 0 Å². The van der Waals surface area contributed by atoms with E-state index in [1.54, 1.807) is 0 Å². The van der Waals surface area contributed by atoms with Gasteiger partial charge in [0.1, 0.15) is 0 Å². The Morgan fingerprint density at radius 3 is 2.07 bits per heavy atom. The van der Waals surface area contributed by atoms with Gasteiger partial charge in [-0.2, -0.15) is 0 Å². The SMILES string of the molecule is CCOC(Cc1ccc(N)cc1)OCC. The minimum atomic E-state index is -0.149. The van der Waals surface area contributed by atoms with Gasteiger partial charge in [0.2, 0.25) is 0 Å². The molecule has 0 unspecified atom stereocenters. The van der Waals surface area contributed by atoms with Crippen molar-refractivity contribution in [3.8, 4) is 0 Å². The molecule has 84 valence electrons. The minimum Gasteiger partial charge on any atom is -0.399 e. The van der Waals surface area contributed by atoms with E-state index < -0.39 is 0 Å². The molecule has 1 aromatic carbocycles. The summed E-state index contributed by atoms with van der Waals surface area (Å²) in [4.78, 5) is 0. The molecule has 0 radical (unpaired) electrons. The average Bonchev–Trinajstić information content (AvgIpc) is 2.22. The van der Waals surface area contributed by atoms with Crippen LogP contribution in [0.15, 0.2) is 24.3 Å². The smallest absolute Gasteiger partial charge is 0.161 e. The quantitative estimate of drug-likeness (QED) is 0.577. The van der Waals surface area contributed by atoms with E-state index in [2.05, 4.69) is 0 Å². The molecule has 0 saturated heterocycles. The average molecular weight is 209 g/mol. The van der Waals surface area contributed by atoms with Crippen LogP contribution in [0.25, 0.3) is 0 Å². The lowest BCUT2D eigenvalue weighted by atomic mass is 10.1.